The second kappa shape index (κ2) is 10.9. The molecule has 0 saturated carbocycles. The van der Waals surface area contributed by atoms with E-state index in [1.165, 1.54) is 38.5 Å². The largest absolute Gasteiger partial charge is 0.450 e. The van der Waals surface area contributed by atoms with E-state index in [1.807, 2.05) is 0 Å². The average molecular weight is 333 g/mol. The zero-order valence-corrected chi connectivity index (χ0v) is 14.6. The standard InChI is InChI=1S/C16H31NO4S/c1-2-3-4-5-6-7-8-9-11-21-16(18)17-13-15-10-12-22(19,20)14-15/h15H,2-14H2,1H3,(H,17,18). The monoisotopic (exact) mass is 333 g/mol. The summed E-state index contributed by atoms with van der Waals surface area (Å²) in [5.41, 5.74) is 0. The summed E-state index contributed by atoms with van der Waals surface area (Å²) in [6, 6.07) is 0. The lowest BCUT2D eigenvalue weighted by atomic mass is 10.1. The maximum absolute atomic E-state index is 11.5. The van der Waals surface area contributed by atoms with Crippen LogP contribution in [-0.2, 0) is 14.6 Å². The molecule has 0 spiro atoms. The van der Waals surface area contributed by atoms with Gasteiger partial charge < -0.3 is 10.1 Å². The Morgan fingerprint density at radius 1 is 1.09 bits per heavy atom. The van der Waals surface area contributed by atoms with Crippen LogP contribution < -0.4 is 5.32 Å². The molecule has 1 atom stereocenters. The highest BCUT2D eigenvalue weighted by Gasteiger charge is 2.27. The molecule has 1 heterocycles. The lowest BCUT2D eigenvalue weighted by Crippen LogP contribution is -2.30. The van der Waals surface area contributed by atoms with Crippen LogP contribution in [0.1, 0.15) is 64.7 Å². The van der Waals surface area contributed by atoms with E-state index in [4.69, 9.17) is 4.74 Å². The molecule has 0 aliphatic carbocycles. The molecular formula is C16H31NO4S. The molecule has 5 nitrogen and oxygen atoms in total. The van der Waals surface area contributed by atoms with Crippen LogP contribution in [0.25, 0.3) is 0 Å². The molecule has 1 rings (SSSR count). The van der Waals surface area contributed by atoms with Crippen LogP contribution in [0.3, 0.4) is 0 Å². The summed E-state index contributed by atoms with van der Waals surface area (Å²) in [4.78, 5) is 11.5. The molecule has 0 aromatic carbocycles. The van der Waals surface area contributed by atoms with Gasteiger partial charge in [-0.2, -0.15) is 0 Å². The van der Waals surface area contributed by atoms with Gasteiger partial charge in [0, 0.05) is 6.54 Å². The molecule has 0 radical (unpaired) electrons. The zero-order valence-electron chi connectivity index (χ0n) is 13.8. The Morgan fingerprint density at radius 2 is 1.73 bits per heavy atom. The first-order valence-corrected chi connectivity index (χ1v) is 10.5. The maximum Gasteiger partial charge on any atom is 0.407 e. The fourth-order valence-electron chi connectivity index (χ4n) is 2.71. The van der Waals surface area contributed by atoms with Crippen molar-refractivity contribution in [2.75, 3.05) is 24.7 Å². The summed E-state index contributed by atoms with van der Waals surface area (Å²) in [7, 11) is -2.87. The van der Waals surface area contributed by atoms with Crippen molar-refractivity contribution in [1.29, 1.82) is 0 Å². The van der Waals surface area contributed by atoms with Crippen LogP contribution in [-0.4, -0.2) is 39.2 Å². The molecule has 0 aromatic rings. The highest BCUT2D eigenvalue weighted by atomic mass is 32.2. The van der Waals surface area contributed by atoms with Crippen LogP contribution in [0.5, 0.6) is 0 Å². The number of hydrogen-bond acceptors (Lipinski definition) is 4. The van der Waals surface area contributed by atoms with Gasteiger partial charge in [0.15, 0.2) is 9.84 Å². The van der Waals surface area contributed by atoms with Crippen LogP contribution in [0, 0.1) is 5.92 Å². The topological polar surface area (TPSA) is 72.5 Å². The van der Waals surface area contributed by atoms with Crippen molar-refractivity contribution < 1.29 is 17.9 Å². The van der Waals surface area contributed by atoms with Crippen molar-refractivity contribution in [3.8, 4) is 0 Å². The maximum atomic E-state index is 11.5. The molecular weight excluding hydrogens is 302 g/mol. The fourth-order valence-corrected chi connectivity index (χ4v) is 4.57. The molecule has 1 fully saturated rings. The average Bonchev–Trinajstić information content (AvgIpc) is 2.83. The first-order valence-electron chi connectivity index (χ1n) is 8.64. The van der Waals surface area contributed by atoms with Crippen molar-refractivity contribution in [3.63, 3.8) is 0 Å². The molecule has 1 saturated heterocycles. The van der Waals surface area contributed by atoms with E-state index < -0.39 is 15.9 Å². The van der Waals surface area contributed by atoms with E-state index >= 15 is 0 Å². The van der Waals surface area contributed by atoms with Crippen LogP contribution in [0.2, 0.25) is 0 Å². The molecule has 1 aliphatic rings. The first-order chi connectivity index (χ1) is 10.5. The predicted molar refractivity (Wildman–Crippen MR) is 88.7 cm³/mol. The number of carbonyl (C=O) groups excluding carboxylic acids is 1. The Hall–Kier alpha value is -0.780. The molecule has 22 heavy (non-hydrogen) atoms. The molecule has 1 N–H and O–H groups in total. The predicted octanol–water partition coefficient (Wildman–Crippen LogP) is 3.29. The number of rotatable bonds is 11. The highest BCUT2D eigenvalue weighted by molar-refractivity contribution is 7.91. The normalized spacial score (nSPS) is 20.0. The molecule has 0 bridgehead atoms. The van der Waals surface area contributed by atoms with Gasteiger partial charge in [0.05, 0.1) is 18.1 Å². The quantitative estimate of drug-likeness (QED) is 0.589. The van der Waals surface area contributed by atoms with Gasteiger partial charge in [0.2, 0.25) is 0 Å². The SMILES string of the molecule is CCCCCCCCCCOC(=O)NCC1CCS(=O)(=O)C1. The smallest absolute Gasteiger partial charge is 0.407 e. The van der Waals surface area contributed by atoms with Crippen LogP contribution in [0.15, 0.2) is 0 Å². The number of hydrogen-bond donors (Lipinski definition) is 1. The van der Waals surface area contributed by atoms with Crippen LogP contribution in [0.4, 0.5) is 4.79 Å². The van der Waals surface area contributed by atoms with E-state index in [1.54, 1.807) is 0 Å². The number of sulfone groups is 1. The van der Waals surface area contributed by atoms with E-state index in [9.17, 15) is 13.2 Å². The van der Waals surface area contributed by atoms with Gasteiger partial charge in [0.1, 0.15) is 0 Å². The number of alkyl carbamates (subject to hydrolysis) is 1. The third-order valence-electron chi connectivity index (χ3n) is 4.09. The van der Waals surface area contributed by atoms with Gasteiger partial charge in [-0.05, 0) is 18.8 Å². The number of unbranched alkanes of at least 4 members (excludes halogenated alkanes) is 7. The summed E-state index contributed by atoms with van der Waals surface area (Å²) in [5, 5.41) is 2.66. The Kier molecular flexibility index (Phi) is 9.52. The summed E-state index contributed by atoms with van der Waals surface area (Å²) < 4.78 is 27.7. The van der Waals surface area contributed by atoms with Crippen molar-refractivity contribution in [2.24, 2.45) is 5.92 Å². The zero-order chi connectivity index (χ0) is 16.3. The van der Waals surface area contributed by atoms with Crippen LogP contribution >= 0.6 is 0 Å². The molecule has 1 aliphatic heterocycles. The third-order valence-corrected chi connectivity index (χ3v) is 5.93. The minimum atomic E-state index is -2.87. The second-order valence-electron chi connectivity index (χ2n) is 6.26. The Bertz CT molecular complexity index is 408. The van der Waals surface area contributed by atoms with E-state index in [2.05, 4.69) is 12.2 Å². The third kappa shape index (κ3) is 9.28. The van der Waals surface area contributed by atoms with Gasteiger partial charge in [-0.1, -0.05) is 51.9 Å². The Balaban J connectivity index is 1.89. The second-order valence-corrected chi connectivity index (χ2v) is 8.49. The van der Waals surface area contributed by atoms with Crippen molar-refractivity contribution in [2.45, 2.75) is 64.7 Å². The van der Waals surface area contributed by atoms with Gasteiger partial charge in [-0.15, -0.1) is 0 Å². The first kappa shape index (κ1) is 19.3. The van der Waals surface area contributed by atoms with Crippen molar-refractivity contribution in [3.05, 3.63) is 0 Å². The molecule has 1 amide bonds. The minimum absolute atomic E-state index is 0.0423. The molecule has 130 valence electrons. The van der Waals surface area contributed by atoms with E-state index in [0.29, 0.717) is 19.6 Å². The lowest BCUT2D eigenvalue weighted by molar-refractivity contribution is 0.142. The van der Waals surface area contributed by atoms with E-state index in [-0.39, 0.29) is 17.4 Å². The molecule has 0 aromatic heterocycles. The van der Waals surface area contributed by atoms with Gasteiger partial charge >= 0.3 is 6.09 Å². The minimum Gasteiger partial charge on any atom is -0.450 e. The van der Waals surface area contributed by atoms with Crippen molar-refractivity contribution in [1.82, 2.24) is 5.32 Å². The van der Waals surface area contributed by atoms with Gasteiger partial charge in [-0.3, -0.25) is 0 Å². The van der Waals surface area contributed by atoms with Gasteiger partial charge in [0.25, 0.3) is 0 Å². The number of amides is 1. The number of carbonyl (C=O) groups is 1. The van der Waals surface area contributed by atoms with Gasteiger partial charge in [-0.25, -0.2) is 13.2 Å². The lowest BCUT2D eigenvalue weighted by Gasteiger charge is -2.10. The Labute approximate surface area is 135 Å². The summed E-state index contributed by atoms with van der Waals surface area (Å²) >= 11 is 0. The fraction of sp³-hybridized carbons (Fsp3) is 0.938. The summed E-state index contributed by atoms with van der Waals surface area (Å²) in [6.45, 7) is 3.06. The summed E-state index contributed by atoms with van der Waals surface area (Å²) in [6.07, 6.45) is 9.91. The molecule has 6 heteroatoms. The van der Waals surface area contributed by atoms with E-state index in [0.717, 1.165) is 12.8 Å². The van der Waals surface area contributed by atoms with Crippen molar-refractivity contribution >= 4 is 15.9 Å². The molecule has 1 unspecified atom stereocenters. The number of ether oxygens (including phenoxy) is 1. The summed E-state index contributed by atoms with van der Waals surface area (Å²) in [5.74, 6) is 0.471. The number of nitrogens with one attached hydrogen (secondary N) is 1. The Morgan fingerprint density at radius 3 is 2.32 bits per heavy atom. The highest BCUT2D eigenvalue weighted by Crippen LogP contribution is 2.17.